The van der Waals surface area contributed by atoms with Gasteiger partial charge in [0.25, 0.3) is 0 Å². The molecule has 1 N–H and O–H groups in total. The summed E-state index contributed by atoms with van der Waals surface area (Å²) in [7, 11) is 1.78. The van der Waals surface area contributed by atoms with E-state index in [9.17, 15) is 4.79 Å². The molecule has 0 bridgehead atoms. The molecule has 0 saturated carbocycles. The van der Waals surface area contributed by atoms with Crippen molar-refractivity contribution in [2.24, 2.45) is 7.05 Å². The van der Waals surface area contributed by atoms with Gasteiger partial charge < -0.3 is 5.32 Å². The first-order valence-electron chi connectivity index (χ1n) is 7.49. The number of amides is 1. The smallest absolute Gasteiger partial charge is 0.224 e. The monoisotopic (exact) mass is 385 g/mol. The molecular formula is C17H16BrN5O. The van der Waals surface area contributed by atoms with Crippen LogP contribution in [0.3, 0.4) is 0 Å². The third-order valence-corrected chi connectivity index (χ3v) is 4.05. The molecule has 24 heavy (non-hydrogen) atoms. The number of halogens is 1. The van der Waals surface area contributed by atoms with E-state index in [0.29, 0.717) is 18.7 Å². The lowest BCUT2D eigenvalue weighted by Gasteiger charge is -2.07. The summed E-state index contributed by atoms with van der Waals surface area (Å²) in [6.45, 7) is 0. The first kappa shape index (κ1) is 16.3. The number of nitrogens with one attached hydrogen (secondary N) is 1. The van der Waals surface area contributed by atoms with Crippen molar-refractivity contribution < 1.29 is 4.79 Å². The van der Waals surface area contributed by atoms with Gasteiger partial charge in [0.15, 0.2) is 5.82 Å². The number of hydrogen-bond donors (Lipinski definition) is 1. The van der Waals surface area contributed by atoms with Crippen molar-refractivity contribution >= 4 is 27.5 Å². The number of tetrazole rings is 1. The van der Waals surface area contributed by atoms with Crippen molar-refractivity contribution in [2.75, 3.05) is 5.32 Å². The molecule has 0 unspecified atom stereocenters. The molecule has 3 rings (SSSR count). The average molecular weight is 386 g/mol. The maximum absolute atomic E-state index is 12.2. The van der Waals surface area contributed by atoms with E-state index in [2.05, 4.69) is 36.8 Å². The Labute approximate surface area is 148 Å². The number of aromatic nitrogens is 4. The highest BCUT2D eigenvalue weighted by Gasteiger charge is 2.08. The van der Waals surface area contributed by atoms with E-state index in [-0.39, 0.29) is 5.91 Å². The van der Waals surface area contributed by atoms with Gasteiger partial charge in [-0.15, -0.1) is 5.10 Å². The van der Waals surface area contributed by atoms with Crippen LogP contribution in [-0.2, 0) is 18.3 Å². The zero-order chi connectivity index (χ0) is 16.9. The minimum absolute atomic E-state index is 0.0248. The quantitative estimate of drug-likeness (QED) is 0.731. The Hall–Kier alpha value is -2.54. The number of aryl methyl sites for hydroxylation is 2. The van der Waals surface area contributed by atoms with Crippen molar-refractivity contribution in [1.29, 1.82) is 0 Å². The molecule has 0 atom stereocenters. The minimum atomic E-state index is -0.0248. The fourth-order valence-corrected chi connectivity index (χ4v) is 2.83. The molecule has 0 saturated heterocycles. The number of anilines is 1. The highest BCUT2D eigenvalue weighted by Crippen LogP contribution is 2.20. The summed E-state index contributed by atoms with van der Waals surface area (Å²) in [5.41, 5.74) is 2.71. The number of carbonyl (C=O) groups excluding carboxylic acids is 1. The van der Waals surface area contributed by atoms with Crippen LogP contribution in [0.4, 0.5) is 5.69 Å². The van der Waals surface area contributed by atoms with Crippen molar-refractivity contribution in [3.05, 3.63) is 58.6 Å². The fourth-order valence-electron chi connectivity index (χ4n) is 2.38. The topological polar surface area (TPSA) is 72.7 Å². The summed E-state index contributed by atoms with van der Waals surface area (Å²) in [4.78, 5) is 12.2. The van der Waals surface area contributed by atoms with Crippen molar-refractivity contribution in [1.82, 2.24) is 20.2 Å². The predicted octanol–water partition coefficient (Wildman–Crippen LogP) is 3.21. The van der Waals surface area contributed by atoms with Crippen LogP contribution >= 0.6 is 15.9 Å². The third-order valence-electron chi connectivity index (χ3n) is 3.55. The Kier molecular flexibility index (Phi) is 5.00. The van der Waals surface area contributed by atoms with E-state index in [4.69, 9.17) is 0 Å². The Morgan fingerprint density at radius 2 is 2.04 bits per heavy atom. The highest BCUT2D eigenvalue weighted by molar-refractivity contribution is 9.10. The molecule has 0 fully saturated rings. The second-order valence-electron chi connectivity index (χ2n) is 5.39. The molecule has 1 aromatic heterocycles. The van der Waals surface area contributed by atoms with Gasteiger partial charge in [-0.2, -0.15) is 0 Å². The molecule has 0 aliphatic heterocycles. The Bertz CT molecular complexity index is 861. The Morgan fingerprint density at radius 1 is 1.21 bits per heavy atom. The summed E-state index contributed by atoms with van der Waals surface area (Å²) in [5.74, 6) is 0.628. The van der Waals surface area contributed by atoms with E-state index in [1.807, 2.05) is 48.5 Å². The summed E-state index contributed by atoms with van der Waals surface area (Å²) < 4.78 is 2.61. The second-order valence-corrected chi connectivity index (χ2v) is 6.30. The van der Waals surface area contributed by atoms with Crippen molar-refractivity contribution in [3.8, 4) is 11.4 Å². The van der Waals surface area contributed by atoms with Gasteiger partial charge in [0, 0.05) is 29.2 Å². The van der Waals surface area contributed by atoms with Crippen LogP contribution in [0, 0.1) is 0 Å². The first-order chi connectivity index (χ1) is 11.6. The zero-order valence-electron chi connectivity index (χ0n) is 13.1. The lowest BCUT2D eigenvalue weighted by molar-refractivity contribution is -0.116. The van der Waals surface area contributed by atoms with E-state index in [0.717, 1.165) is 21.3 Å². The molecule has 2 aromatic carbocycles. The van der Waals surface area contributed by atoms with E-state index >= 15 is 0 Å². The van der Waals surface area contributed by atoms with Gasteiger partial charge in [0.1, 0.15) is 0 Å². The van der Waals surface area contributed by atoms with E-state index < -0.39 is 0 Å². The molecular weight excluding hydrogens is 370 g/mol. The second kappa shape index (κ2) is 7.35. The lowest BCUT2D eigenvalue weighted by Crippen LogP contribution is -2.12. The van der Waals surface area contributed by atoms with Crippen LogP contribution in [0.25, 0.3) is 11.4 Å². The summed E-state index contributed by atoms with van der Waals surface area (Å²) in [6, 6.07) is 15.5. The van der Waals surface area contributed by atoms with Crippen LogP contribution < -0.4 is 5.32 Å². The van der Waals surface area contributed by atoms with Gasteiger partial charge >= 0.3 is 0 Å². The largest absolute Gasteiger partial charge is 0.326 e. The maximum Gasteiger partial charge on any atom is 0.224 e. The van der Waals surface area contributed by atoms with Crippen LogP contribution in [0.1, 0.15) is 12.0 Å². The van der Waals surface area contributed by atoms with Gasteiger partial charge in [-0.1, -0.05) is 40.2 Å². The summed E-state index contributed by atoms with van der Waals surface area (Å²) in [5, 5.41) is 14.3. The van der Waals surface area contributed by atoms with E-state index in [1.165, 1.54) is 0 Å². The average Bonchev–Trinajstić information content (AvgIpc) is 2.99. The van der Waals surface area contributed by atoms with Gasteiger partial charge in [-0.25, -0.2) is 4.68 Å². The molecule has 1 heterocycles. The number of benzene rings is 2. The number of hydrogen-bond acceptors (Lipinski definition) is 4. The lowest BCUT2D eigenvalue weighted by atomic mass is 10.1. The number of nitrogens with zero attached hydrogens (tertiary/aromatic N) is 4. The van der Waals surface area contributed by atoms with Crippen LogP contribution in [-0.4, -0.2) is 26.1 Å². The van der Waals surface area contributed by atoms with Crippen molar-refractivity contribution in [3.63, 3.8) is 0 Å². The number of rotatable bonds is 5. The SMILES string of the molecule is Cn1nnnc1-c1cccc(NC(=O)CCc2cccc(Br)c2)c1. The molecule has 6 nitrogen and oxygen atoms in total. The standard InChI is InChI=1S/C17H16BrN5O/c1-23-17(20-21-22-23)13-5-3-7-15(11-13)19-16(24)9-8-12-4-2-6-14(18)10-12/h2-7,10-11H,8-9H2,1H3,(H,19,24). The molecule has 0 radical (unpaired) electrons. The summed E-state index contributed by atoms with van der Waals surface area (Å²) in [6.07, 6.45) is 1.12. The molecule has 122 valence electrons. The number of carbonyl (C=O) groups is 1. The summed E-state index contributed by atoms with van der Waals surface area (Å²) >= 11 is 3.44. The molecule has 0 spiro atoms. The van der Waals surface area contributed by atoms with E-state index in [1.54, 1.807) is 11.7 Å². The van der Waals surface area contributed by atoms with Crippen LogP contribution in [0.15, 0.2) is 53.0 Å². The van der Waals surface area contributed by atoms with Gasteiger partial charge in [0.05, 0.1) is 0 Å². The maximum atomic E-state index is 12.2. The molecule has 1 amide bonds. The third kappa shape index (κ3) is 4.05. The van der Waals surface area contributed by atoms with Crippen LogP contribution in [0.2, 0.25) is 0 Å². The predicted molar refractivity (Wildman–Crippen MR) is 95.3 cm³/mol. The normalized spacial score (nSPS) is 10.6. The van der Waals surface area contributed by atoms with Gasteiger partial charge in [-0.3, -0.25) is 4.79 Å². The zero-order valence-corrected chi connectivity index (χ0v) is 14.7. The van der Waals surface area contributed by atoms with Gasteiger partial charge in [0.2, 0.25) is 5.91 Å². The Balaban J connectivity index is 1.63. The van der Waals surface area contributed by atoms with Gasteiger partial charge in [-0.05, 0) is 46.7 Å². The Morgan fingerprint density at radius 3 is 2.79 bits per heavy atom. The van der Waals surface area contributed by atoms with Crippen LogP contribution in [0.5, 0.6) is 0 Å². The highest BCUT2D eigenvalue weighted by atomic mass is 79.9. The van der Waals surface area contributed by atoms with Crippen molar-refractivity contribution in [2.45, 2.75) is 12.8 Å². The fraction of sp³-hybridized carbons (Fsp3) is 0.176. The molecule has 3 aromatic rings. The molecule has 0 aliphatic carbocycles. The minimum Gasteiger partial charge on any atom is -0.326 e. The first-order valence-corrected chi connectivity index (χ1v) is 8.28. The molecule has 0 aliphatic rings. The molecule has 7 heteroatoms.